The van der Waals surface area contributed by atoms with Gasteiger partial charge in [-0.15, -0.1) is 0 Å². The molecule has 0 bridgehead atoms. The van der Waals surface area contributed by atoms with Crippen LogP contribution in [0.3, 0.4) is 0 Å². The molecule has 0 heterocycles. The first-order chi connectivity index (χ1) is 16.4. The topological polar surface area (TPSA) is 111 Å². The molecule has 0 radical (unpaired) electrons. The smallest absolute Gasteiger partial charge is 0.407 e. The van der Waals surface area contributed by atoms with E-state index in [1.165, 1.54) is 0 Å². The molecule has 0 aromatic heterocycles. The van der Waals surface area contributed by atoms with Crippen molar-refractivity contribution in [2.24, 2.45) is 5.73 Å². The number of nitrogens with two attached hydrogens (primary N) is 1. The molecule has 180 valence electrons. The number of carbonyl (C=O) groups is 2. The molecule has 2 aromatic carbocycles. The summed E-state index contributed by atoms with van der Waals surface area (Å²) >= 11 is 0. The van der Waals surface area contributed by atoms with Gasteiger partial charge in [0.2, 0.25) is 0 Å². The lowest BCUT2D eigenvalue weighted by atomic mass is 9.88. The number of rotatable bonds is 8. The molecule has 0 spiro atoms. The lowest BCUT2D eigenvalue weighted by Crippen LogP contribution is -2.56. The molecule has 1 amide bonds. The molecule has 0 saturated heterocycles. The van der Waals surface area contributed by atoms with Crippen molar-refractivity contribution in [1.82, 2.24) is 5.32 Å². The number of ether oxygens (including phenoxy) is 2. The van der Waals surface area contributed by atoms with Crippen LogP contribution in [0.2, 0.25) is 0 Å². The van der Waals surface area contributed by atoms with Crippen LogP contribution < -0.4 is 11.1 Å². The fourth-order valence-electron chi connectivity index (χ4n) is 4.91. The Morgan fingerprint density at radius 3 is 2.21 bits per heavy atom. The summed E-state index contributed by atoms with van der Waals surface area (Å²) in [5.41, 5.74) is 11.1. The van der Waals surface area contributed by atoms with Gasteiger partial charge in [-0.05, 0) is 41.2 Å². The van der Waals surface area contributed by atoms with E-state index in [2.05, 4.69) is 29.6 Å². The first kappa shape index (κ1) is 24.0. The molecular weight excluding hydrogens is 432 g/mol. The van der Waals surface area contributed by atoms with Gasteiger partial charge in [0.05, 0.1) is 24.3 Å². The minimum absolute atomic E-state index is 0.0319. The molecule has 34 heavy (non-hydrogen) atoms. The molecule has 7 heteroatoms. The van der Waals surface area contributed by atoms with Gasteiger partial charge >= 0.3 is 12.1 Å². The largest absolute Gasteiger partial charge is 0.478 e. The van der Waals surface area contributed by atoms with Crippen LogP contribution in [0.1, 0.15) is 50.2 Å². The summed E-state index contributed by atoms with van der Waals surface area (Å²) in [5.74, 6) is -1.09. The summed E-state index contributed by atoms with van der Waals surface area (Å²) < 4.78 is 11.7. The number of nitrogens with one attached hydrogen (secondary N) is 1. The molecule has 2 aliphatic carbocycles. The van der Waals surface area contributed by atoms with E-state index in [1.807, 2.05) is 38.1 Å². The first-order valence-electron chi connectivity index (χ1n) is 11.9. The molecule has 0 fully saturated rings. The van der Waals surface area contributed by atoms with Gasteiger partial charge in [0.25, 0.3) is 0 Å². The number of alkyl carbamates (subject to hydrolysis) is 1. The number of carbonyl (C=O) groups excluding carboxylic acids is 1. The molecule has 2 aromatic rings. The number of fused-ring (bicyclic) bond motifs is 3. The minimum Gasteiger partial charge on any atom is -0.478 e. The summed E-state index contributed by atoms with van der Waals surface area (Å²) in [6, 6.07) is 15.1. The van der Waals surface area contributed by atoms with E-state index < -0.39 is 30.3 Å². The van der Waals surface area contributed by atoms with Crippen LogP contribution >= 0.6 is 0 Å². The Morgan fingerprint density at radius 1 is 1.06 bits per heavy atom. The Balaban J connectivity index is 1.43. The Morgan fingerprint density at radius 2 is 1.65 bits per heavy atom. The minimum atomic E-state index is -1.04. The highest BCUT2D eigenvalue weighted by atomic mass is 16.5. The van der Waals surface area contributed by atoms with Crippen LogP contribution in [0.4, 0.5) is 4.79 Å². The molecule has 3 atom stereocenters. The Hall–Kier alpha value is -3.16. The van der Waals surface area contributed by atoms with Crippen LogP contribution in [0.15, 0.2) is 60.2 Å². The lowest BCUT2D eigenvalue weighted by molar-refractivity contribution is -0.133. The Bertz CT molecular complexity index is 1030. The zero-order valence-electron chi connectivity index (χ0n) is 19.6. The van der Waals surface area contributed by atoms with E-state index in [0.29, 0.717) is 0 Å². The van der Waals surface area contributed by atoms with E-state index in [1.54, 1.807) is 6.08 Å². The average Bonchev–Trinajstić information content (AvgIpc) is 3.16. The monoisotopic (exact) mass is 464 g/mol. The average molecular weight is 465 g/mol. The van der Waals surface area contributed by atoms with Crippen LogP contribution in [0.5, 0.6) is 0 Å². The summed E-state index contributed by atoms with van der Waals surface area (Å²) in [5, 5.41) is 12.4. The zero-order chi connectivity index (χ0) is 24.2. The summed E-state index contributed by atoms with van der Waals surface area (Å²) in [4.78, 5) is 24.4. The number of hydrogen-bond donors (Lipinski definition) is 3. The third-order valence-corrected chi connectivity index (χ3v) is 6.83. The van der Waals surface area contributed by atoms with Crippen molar-refractivity contribution < 1.29 is 24.2 Å². The molecular formula is C27H32N2O5. The molecule has 0 aliphatic heterocycles. The molecule has 4 rings (SSSR count). The highest BCUT2D eigenvalue weighted by Crippen LogP contribution is 2.44. The van der Waals surface area contributed by atoms with E-state index in [4.69, 9.17) is 15.2 Å². The normalized spacial score (nSPS) is 21.5. The van der Waals surface area contributed by atoms with Gasteiger partial charge in [0.15, 0.2) is 0 Å². The van der Waals surface area contributed by atoms with Crippen LogP contribution in [-0.4, -0.2) is 48.1 Å². The zero-order valence-corrected chi connectivity index (χ0v) is 19.6. The van der Waals surface area contributed by atoms with Gasteiger partial charge < -0.3 is 25.6 Å². The summed E-state index contributed by atoms with van der Waals surface area (Å²) in [6.07, 6.45) is 2.03. The number of benzene rings is 2. The second kappa shape index (κ2) is 10.4. The number of amides is 1. The first-order valence-corrected chi connectivity index (χ1v) is 11.9. The van der Waals surface area contributed by atoms with E-state index in [0.717, 1.165) is 35.1 Å². The van der Waals surface area contributed by atoms with Crippen molar-refractivity contribution in [2.75, 3.05) is 6.61 Å². The fraction of sp³-hybridized carbons (Fsp3) is 0.407. The predicted octanol–water partition coefficient (Wildman–Crippen LogP) is 4.21. The highest BCUT2D eigenvalue weighted by Gasteiger charge is 2.36. The summed E-state index contributed by atoms with van der Waals surface area (Å²) in [6.45, 7) is 4.20. The predicted molar refractivity (Wildman–Crippen MR) is 130 cm³/mol. The standard InChI is InChI=1S/C27H32N2O5/c1-3-17(4-2)34-24-14-16(26(30)31)13-23(25(24)28)29-27(32)33-15-22-20-11-7-5-9-18(20)19-10-6-8-12-21(19)22/h5-12,14,17,22-25H,3-4,13,15,28H2,1-2H3,(H,29,32)(H,30,31)/t23-,24+,25+/m0/s1. The number of aliphatic carboxylic acids is 1. The molecule has 7 nitrogen and oxygen atoms in total. The summed E-state index contributed by atoms with van der Waals surface area (Å²) in [7, 11) is 0. The molecule has 0 saturated carbocycles. The molecule has 0 unspecified atom stereocenters. The maximum Gasteiger partial charge on any atom is 0.407 e. The van der Waals surface area contributed by atoms with E-state index in [9.17, 15) is 14.7 Å². The van der Waals surface area contributed by atoms with Crippen molar-refractivity contribution in [2.45, 2.75) is 63.3 Å². The number of carboxylic acids is 1. The second-order valence-electron chi connectivity index (χ2n) is 8.89. The van der Waals surface area contributed by atoms with Gasteiger partial charge in [-0.3, -0.25) is 0 Å². The van der Waals surface area contributed by atoms with E-state index >= 15 is 0 Å². The molecule has 2 aliphatic rings. The lowest BCUT2D eigenvalue weighted by Gasteiger charge is -2.35. The SMILES string of the molecule is CCC(CC)O[C@@H]1C=C(C(=O)O)C[C@H](NC(=O)OCC2c3ccccc3-c3ccccc32)[C@H]1N. The van der Waals surface area contributed by atoms with Gasteiger partial charge in [0.1, 0.15) is 6.61 Å². The van der Waals surface area contributed by atoms with Gasteiger partial charge in [-0.2, -0.15) is 0 Å². The fourth-order valence-corrected chi connectivity index (χ4v) is 4.91. The van der Waals surface area contributed by atoms with Crippen molar-refractivity contribution in [3.05, 3.63) is 71.3 Å². The van der Waals surface area contributed by atoms with Crippen LogP contribution in [-0.2, 0) is 14.3 Å². The molecule has 4 N–H and O–H groups in total. The third-order valence-electron chi connectivity index (χ3n) is 6.83. The quantitative estimate of drug-likeness (QED) is 0.540. The van der Waals surface area contributed by atoms with E-state index in [-0.39, 0.29) is 30.6 Å². The van der Waals surface area contributed by atoms with Gasteiger partial charge in [0, 0.05) is 17.9 Å². The Labute approximate surface area is 199 Å². The number of hydrogen-bond acceptors (Lipinski definition) is 5. The van der Waals surface area contributed by atoms with Crippen molar-refractivity contribution in [3.63, 3.8) is 0 Å². The van der Waals surface area contributed by atoms with Gasteiger partial charge in [-0.1, -0.05) is 62.4 Å². The highest BCUT2D eigenvalue weighted by molar-refractivity contribution is 5.87. The maximum atomic E-state index is 12.8. The van der Waals surface area contributed by atoms with Crippen molar-refractivity contribution in [3.8, 4) is 11.1 Å². The number of carboxylic acid groups (broad SMARTS) is 1. The Kier molecular flexibility index (Phi) is 7.34. The van der Waals surface area contributed by atoms with Crippen LogP contribution in [0, 0.1) is 0 Å². The van der Waals surface area contributed by atoms with Crippen molar-refractivity contribution in [1.29, 1.82) is 0 Å². The second-order valence-corrected chi connectivity index (χ2v) is 8.89. The van der Waals surface area contributed by atoms with Crippen LogP contribution in [0.25, 0.3) is 11.1 Å². The van der Waals surface area contributed by atoms with Crippen molar-refractivity contribution >= 4 is 12.1 Å². The maximum absolute atomic E-state index is 12.8. The van der Waals surface area contributed by atoms with Gasteiger partial charge in [-0.25, -0.2) is 9.59 Å². The third kappa shape index (κ3) is 4.86.